The van der Waals surface area contributed by atoms with Gasteiger partial charge in [-0.25, -0.2) is 0 Å². The minimum atomic E-state index is -0.480. The van der Waals surface area contributed by atoms with Crippen molar-refractivity contribution < 1.29 is 15.3 Å². The smallest absolute Gasteiger partial charge is 0.200 e. The Bertz CT molecular complexity index is 268. The van der Waals surface area contributed by atoms with Gasteiger partial charge in [0, 0.05) is 0 Å². The van der Waals surface area contributed by atoms with Crippen molar-refractivity contribution in [1.82, 2.24) is 0 Å². The molecule has 59 valence electrons. The first-order chi connectivity index (χ1) is 5.16. The Morgan fingerprint density at radius 2 is 1.73 bits per heavy atom. The molecule has 0 bridgehead atoms. The van der Waals surface area contributed by atoms with Crippen LogP contribution < -0.4 is 0 Å². The van der Waals surface area contributed by atoms with Crippen molar-refractivity contribution in [2.75, 3.05) is 0 Å². The summed E-state index contributed by atoms with van der Waals surface area (Å²) in [7, 11) is 0. The Morgan fingerprint density at radius 1 is 1.09 bits per heavy atom. The van der Waals surface area contributed by atoms with E-state index >= 15 is 0 Å². The normalized spacial score (nSPS) is 9.91. The molecule has 0 amide bonds. The predicted molar refractivity (Wildman–Crippen MR) is 40.5 cm³/mol. The maximum absolute atomic E-state index is 9.13. The summed E-state index contributed by atoms with van der Waals surface area (Å²) in [5.41, 5.74) is 0.514. The van der Waals surface area contributed by atoms with E-state index in [1.807, 2.05) is 0 Å². The van der Waals surface area contributed by atoms with Gasteiger partial charge in [-0.05, 0) is 25.0 Å². The number of rotatable bonds is 1. The molecule has 0 unspecified atom stereocenters. The first-order valence-corrected chi connectivity index (χ1v) is 3.19. The molecule has 0 saturated heterocycles. The van der Waals surface area contributed by atoms with Crippen molar-refractivity contribution in [3.63, 3.8) is 0 Å². The first-order valence-electron chi connectivity index (χ1n) is 3.19. The number of hydrogen-bond acceptors (Lipinski definition) is 3. The third-order valence-corrected chi connectivity index (χ3v) is 1.48. The molecule has 11 heavy (non-hydrogen) atoms. The fourth-order valence-corrected chi connectivity index (χ4v) is 0.813. The van der Waals surface area contributed by atoms with Crippen LogP contribution in [0.25, 0.3) is 0 Å². The second-order valence-electron chi connectivity index (χ2n) is 2.19. The lowest BCUT2D eigenvalue weighted by atomic mass is 10.1. The van der Waals surface area contributed by atoms with Crippen LogP contribution in [0.3, 0.4) is 0 Å². The van der Waals surface area contributed by atoms with Gasteiger partial charge >= 0.3 is 0 Å². The van der Waals surface area contributed by atoms with Gasteiger partial charge in [0.05, 0.1) is 0 Å². The second kappa shape index (κ2) is 2.70. The van der Waals surface area contributed by atoms with Crippen LogP contribution in [-0.2, 0) is 6.42 Å². The molecule has 1 aromatic carbocycles. The molecule has 1 aromatic rings. The first kappa shape index (κ1) is 7.72. The summed E-state index contributed by atoms with van der Waals surface area (Å²) in [4.78, 5) is 0. The SMILES string of the molecule is [CH2]Cc1ccc(O)c(O)c1O. The maximum Gasteiger partial charge on any atom is 0.200 e. The highest BCUT2D eigenvalue weighted by Gasteiger charge is 2.08. The van der Waals surface area contributed by atoms with E-state index in [0.717, 1.165) is 0 Å². The third kappa shape index (κ3) is 1.22. The van der Waals surface area contributed by atoms with Gasteiger partial charge in [0.15, 0.2) is 11.5 Å². The zero-order valence-electron chi connectivity index (χ0n) is 5.91. The Morgan fingerprint density at radius 3 is 2.27 bits per heavy atom. The molecule has 0 heterocycles. The molecule has 0 aromatic heterocycles. The van der Waals surface area contributed by atoms with Crippen molar-refractivity contribution in [3.05, 3.63) is 24.6 Å². The van der Waals surface area contributed by atoms with E-state index in [2.05, 4.69) is 6.92 Å². The van der Waals surface area contributed by atoms with Gasteiger partial charge in [-0.2, -0.15) is 0 Å². The summed E-state index contributed by atoms with van der Waals surface area (Å²) in [5.74, 6) is -1.09. The maximum atomic E-state index is 9.13. The molecule has 3 heteroatoms. The lowest BCUT2D eigenvalue weighted by Gasteiger charge is -2.04. The van der Waals surface area contributed by atoms with Crippen molar-refractivity contribution >= 4 is 0 Å². The van der Waals surface area contributed by atoms with E-state index in [0.29, 0.717) is 12.0 Å². The lowest BCUT2D eigenvalue weighted by molar-refractivity contribution is 0.365. The zero-order chi connectivity index (χ0) is 8.43. The number of aromatic hydroxyl groups is 3. The van der Waals surface area contributed by atoms with Crippen molar-refractivity contribution in [2.24, 2.45) is 0 Å². The molecule has 0 aliphatic heterocycles. The molecule has 1 rings (SSSR count). The Labute approximate surface area is 64.5 Å². The molecule has 1 radical (unpaired) electrons. The van der Waals surface area contributed by atoms with Crippen molar-refractivity contribution in [1.29, 1.82) is 0 Å². The average molecular weight is 153 g/mol. The largest absolute Gasteiger partial charge is 0.504 e. The number of phenolic OH excluding ortho intramolecular Hbond substituents is 3. The molecule has 0 atom stereocenters. The Balaban J connectivity index is 3.25. The Hall–Kier alpha value is -1.38. The molecule has 3 N–H and O–H groups in total. The topological polar surface area (TPSA) is 60.7 Å². The highest BCUT2D eigenvalue weighted by Crippen LogP contribution is 2.36. The minimum Gasteiger partial charge on any atom is -0.504 e. The van der Waals surface area contributed by atoms with Gasteiger partial charge < -0.3 is 15.3 Å². The minimum absolute atomic E-state index is 0.292. The van der Waals surface area contributed by atoms with E-state index in [4.69, 9.17) is 15.3 Å². The summed E-state index contributed by atoms with van der Waals surface area (Å²) >= 11 is 0. The molecule has 0 aliphatic rings. The van der Waals surface area contributed by atoms with Crippen molar-refractivity contribution in [3.8, 4) is 17.2 Å². The van der Waals surface area contributed by atoms with Gasteiger partial charge in [0.25, 0.3) is 0 Å². The standard InChI is InChI=1S/C8H9O3/c1-2-5-3-4-6(9)8(11)7(5)10/h3-4,9-11H,1-2H2. The van der Waals surface area contributed by atoms with Gasteiger partial charge in [-0.15, -0.1) is 0 Å². The second-order valence-corrected chi connectivity index (χ2v) is 2.19. The fourth-order valence-electron chi connectivity index (χ4n) is 0.813. The molecule has 0 spiro atoms. The van der Waals surface area contributed by atoms with E-state index in [9.17, 15) is 0 Å². The van der Waals surface area contributed by atoms with Gasteiger partial charge in [-0.3, -0.25) is 0 Å². The van der Waals surface area contributed by atoms with E-state index in [1.165, 1.54) is 12.1 Å². The monoisotopic (exact) mass is 153 g/mol. The van der Waals surface area contributed by atoms with Gasteiger partial charge in [-0.1, -0.05) is 6.07 Å². The van der Waals surface area contributed by atoms with Crippen LogP contribution in [0.4, 0.5) is 0 Å². The predicted octanol–water partition coefficient (Wildman–Crippen LogP) is 1.18. The molecule has 3 nitrogen and oxygen atoms in total. The highest BCUT2D eigenvalue weighted by atomic mass is 16.3. The van der Waals surface area contributed by atoms with Crippen LogP contribution in [0.1, 0.15) is 5.56 Å². The van der Waals surface area contributed by atoms with Crippen LogP contribution >= 0.6 is 0 Å². The summed E-state index contributed by atoms with van der Waals surface area (Å²) < 4.78 is 0. The molecule has 0 aliphatic carbocycles. The van der Waals surface area contributed by atoms with Crippen LogP contribution in [-0.4, -0.2) is 15.3 Å². The molecule has 0 saturated carbocycles. The summed E-state index contributed by atoms with van der Waals surface area (Å²) in [6.07, 6.45) is 0.375. The average Bonchev–Trinajstić information content (AvgIpc) is 2.01. The van der Waals surface area contributed by atoms with Crippen LogP contribution in [0, 0.1) is 6.92 Å². The summed E-state index contributed by atoms with van der Waals surface area (Å²) in [6.45, 7) is 3.53. The van der Waals surface area contributed by atoms with Crippen LogP contribution in [0.2, 0.25) is 0 Å². The van der Waals surface area contributed by atoms with Crippen LogP contribution in [0.15, 0.2) is 12.1 Å². The van der Waals surface area contributed by atoms with Gasteiger partial charge in [0.1, 0.15) is 0 Å². The van der Waals surface area contributed by atoms with Gasteiger partial charge in [0.2, 0.25) is 5.75 Å². The number of benzene rings is 1. The molecule has 0 fully saturated rings. The summed E-state index contributed by atoms with van der Waals surface area (Å²) in [5, 5.41) is 27.0. The van der Waals surface area contributed by atoms with E-state index < -0.39 is 5.75 Å². The van der Waals surface area contributed by atoms with Crippen LogP contribution in [0.5, 0.6) is 17.2 Å². The molecular weight excluding hydrogens is 144 g/mol. The lowest BCUT2D eigenvalue weighted by Crippen LogP contribution is -1.81. The zero-order valence-corrected chi connectivity index (χ0v) is 5.91. The fraction of sp³-hybridized carbons (Fsp3) is 0.125. The van der Waals surface area contributed by atoms with Crippen molar-refractivity contribution in [2.45, 2.75) is 6.42 Å². The highest BCUT2D eigenvalue weighted by molar-refractivity contribution is 5.53. The third-order valence-electron chi connectivity index (χ3n) is 1.48. The Kier molecular flexibility index (Phi) is 1.89. The quantitative estimate of drug-likeness (QED) is 0.531. The van der Waals surface area contributed by atoms with E-state index in [-0.39, 0.29) is 11.5 Å². The van der Waals surface area contributed by atoms with E-state index in [1.54, 1.807) is 0 Å². The molecular formula is C8H9O3. The number of hydrogen-bond donors (Lipinski definition) is 3. The number of phenols is 3. The summed E-state index contributed by atoms with van der Waals surface area (Å²) in [6, 6.07) is 2.83.